The fourth-order valence-corrected chi connectivity index (χ4v) is 2.38. The molecule has 0 spiro atoms. The highest BCUT2D eigenvalue weighted by molar-refractivity contribution is 7.99. The Morgan fingerprint density at radius 3 is 2.95 bits per heavy atom. The molecule has 1 rings (SSSR count). The Bertz CT molecular complexity index is 485. The summed E-state index contributed by atoms with van der Waals surface area (Å²) in [5.74, 6) is 1.13. The molecule has 0 radical (unpaired) electrons. The van der Waals surface area contributed by atoms with Gasteiger partial charge in [-0.25, -0.2) is 4.98 Å². The van der Waals surface area contributed by atoms with E-state index in [9.17, 15) is 4.79 Å². The molecule has 1 heterocycles. The van der Waals surface area contributed by atoms with Crippen LogP contribution in [0.25, 0.3) is 0 Å². The molecule has 0 atom stereocenters. The van der Waals surface area contributed by atoms with Crippen LogP contribution >= 0.6 is 11.8 Å². The lowest BCUT2D eigenvalue weighted by molar-refractivity contribution is 0.304. The number of hydrogen-bond donors (Lipinski definition) is 3. The van der Waals surface area contributed by atoms with Gasteiger partial charge in [-0.05, 0) is 12.8 Å². The Balaban J connectivity index is 2.27. The molecule has 1 aromatic rings. The van der Waals surface area contributed by atoms with Gasteiger partial charge in [-0.15, -0.1) is 0 Å². The van der Waals surface area contributed by atoms with Crippen LogP contribution in [-0.2, 0) is 0 Å². The molecule has 0 saturated heterocycles. The first-order chi connectivity index (χ1) is 8.95. The third kappa shape index (κ3) is 5.34. The predicted octanol–water partition coefficient (Wildman–Crippen LogP) is 1.80. The van der Waals surface area contributed by atoms with Crippen LogP contribution in [0.3, 0.4) is 0 Å². The van der Waals surface area contributed by atoms with Crippen LogP contribution in [0, 0.1) is 5.41 Å². The Kier molecular flexibility index (Phi) is 5.88. The van der Waals surface area contributed by atoms with Gasteiger partial charge >= 0.3 is 0 Å². The lowest BCUT2D eigenvalue weighted by atomic mass is 9.86. The minimum absolute atomic E-state index is 0.134. The normalized spacial score (nSPS) is 12.6. The molecule has 0 amide bonds. The van der Waals surface area contributed by atoms with Gasteiger partial charge in [-0.2, -0.15) is 0 Å². The quantitative estimate of drug-likeness (QED) is 0.135. The van der Waals surface area contributed by atoms with Gasteiger partial charge in [0, 0.05) is 23.4 Å². The van der Waals surface area contributed by atoms with E-state index in [0.29, 0.717) is 5.16 Å². The second-order valence-corrected chi connectivity index (χ2v) is 6.00. The maximum atomic E-state index is 11.1. The van der Waals surface area contributed by atoms with Crippen molar-refractivity contribution in [3.63, 3.8) is 0 Å². The van der Waals surface area contributed by atoms with Gasteiger partial charge in [0.15, 0.2) is 5.16 Å². The number of rotatable bonds is 7. The van der Waals surface area contributed by atoms with Crippen molar-refractivity contribution in [3.8, 4) is 0 Å². The van der Waals surface area contributed by atoms with Gasteiger partial charge < -0.3 is 15.9 Å². The Labute approximate surface area is 116 Å². The molecule has 0 aliphatic carbocycles. The number of amidine groups is 1. The monoisotopic (exact) mass is 284 g/mol. The topological polar surface area (TPSA) is 104 Å². The highest BCUT2D eigenvalue weighted by Gasteiger charge is 2.22. The first-order valence-corrected chi connectivity index (χ1v) is 7.10. The Morgan fingerprint density at radius 1 is 1.58 bits per heavy atom. The molecule has 4 N–H and O–H groups in total. The smallest absolute Gasteiger partial charge is 0.251 e. The summed E-state index contributed by atoms with van der Waals surface area (Å²) in [7, 11) is 0. The van der Waals surface area contributed by atoms with E-state index < -0.39 is 0 Å². The van der Waals surface area contributed by atoms with Gasteiger partial charge in [0.25, 0.3) is 5.56 Å². The van der Waals surface area contributed by atoms with Crippen LogP contribution in [0.5, 0.6) is 0 Å². The zero-order valence-electron chi connectivity index (χ0n) is 11.2. The van der Waals surface area contributed by atoms with Crippen LogP contribution in [-0.4, -0.2) is 26.8 Å². The minimum Gasteiger partial charge on any atom is -0.409 e. The average Bonchev–Trinajstić information content (AvgIpc) is 2.37. The van der Waals surface area contributed by atoms with Crippen molar-refractivity contribution in [1.29, 1.82) is 0 Å². The Hall–Kier alpha value is -1.50. The van der Waals surface area contributed by atoms with Crippen LogP contribution in [0.4, 0.5) is 0 Å². The van der Waals surface area contributed by atoms with Gasteiger partial charge in [0.2, 0.25) is 0 Å². The molecular formula is C12H20N4O2S. The zero-order chi connectivity index (χ0) is 14.3. The molecule has 0 bridgehead atoms. The third-order valence-corrected chi connectivity index (χ3v) is 3.86. The van der Waals surface area contributed by atoms with Crippen LogP contribution in [0.15, 0.2) is 27.4 Å². The maximum Gasteiger partial charge on any atom is 0.251 e. The van der Waals surface area contributed by atoms with Gasteiger partial charge in [0.05, 0.1) is 0 Å². The van der Waals surface area contributed by atoms with E-state index in [1.165, 1.54) is 24.0 Å². The molecule has 7 heteroatoms. The average molecular weight is 284 g/mol. The molecular weight excluding hydrogens is 264 g/mol. The number of aromatic amines is 1. The highest BCUT2D eigenvalue weighted by Crippen LogP contribution is 2.24. The highest BCUT2D eigenvalue weighted by atomic mass is 32.2. The molecule has 0 aliphatic rings. The van der Waals surface area contributed by atoms with E-state index in [2.05, 4.69) is 15.1 Å². The summed E-state index contributed by atoms with van der Waals surface area (Å²) in [6, 6.07) is 1.39. The first kappa shape index (κ1) is 15.6. The molecule has 0 saturated carbocycles. The van der Waals surface area contributed by atoms with Gasteiger partial charge in [-0.1, -0.05) is 37.2 Å². The van der Waals surface area contributed by atoms with E-state index in [1.807, 2.05) is 13.8 Å². The summed E-state index contributed by atoms with van der Waals surface area (Å²) in [5.41, 5.74) is 5.19. The minimum atomic E-state index is -0.293. The van der Waals surface area contributed by atoms with Crippen molar-refractivity contribution in [2.45, 2.75) is 38.3 Å². The number of H-pyrrole nitrogens is 1. The second-order valence-electron chi connectivity index (χ2n) is 4.91. The van der Waals surface area contributed by atoms with E-state index in [1.54, 1.807) is 0 Å². The summed E-state index contributed by atoms with van der Waals surface area (Å²) < 4.78 is 0. The SMILES string of the molecule is CC(C)(CCCCSc1nccc(=O)[nH]1)/C(N)=N/O. The van der Waals surface area contributed by atoms with E-state index >= 15 is 0 Å². The van der Waals surface area contributed by atoms with Crippen molar-refractivity contribution in [3.05, 3.63) is 22.6 Å². The molecule has 106 valence electrons. The summed E-state index contributed by atoms with van der Waals surface area (Å²) in [6.45, 7) is 3.90. The fraction of sp³-hybridized carbons (Fsp3) is 0.583. The summed E-state index contributed by atoms with van der Waals surface area (Å²) >= 11 is 1.52. The van der Waals surface area contributed by atoms with Gasteiger partial charge in [-0.3, -0.25) is 4.79 Å². The largest absolute Gasteiger partial charge is 0.409 e. The lowest BCUT2D eigenvalue weighted by Gasteiger charge is -2.22. The zero-order valence-corrected chi connectivity index (χ0v) is 12.0. The number of nitrogens with two attached hydrogens (primary N) is 1. The predicted molar refractivity (Wildman–Crippen MR) is 76.6 cm³/mol. The number of nitrogens with zero attached hydrogens (tertiary/aromatic N) is 2. The maximum absolute atomic E-state index is 11.1. The molecule has 6 nitrogen and oxygen atoms in total. The van der Waals surface area contributed by atoms with Crippen molar-refractivity contribution in [1.82, 2.24) is 9.97 Å². The number of oxime groups is 1. The first-order valence-electron chi connectivity index (χ1n) is 6.12. The van der Waals surface area contributed by atoms with E-state index in [-0.39, 0.29) is 16.8 Å². The van der Waals surface area contributed by atoms with Crippen LogP contribution < -0.4 is 11.3 Å². The molecule has 0 aromatic carbocycles. The summed E-state index contributed by atoms with van der Waals surface area (Å²) in [4.78, 5) is 17.8. The van der Waals surface area contributed by atoms with E-state index in [0.717, 1.165) is 25.0 Å². The fourth-order valence-electron chi connectivity index (χ4n) is 1.53. The number of nitrogens with one attached hydrogen (secondary N) is 1. The second kappa shape index (κ2) is 7.18. The lowest BCUT2D eigenvalue weighted by Crippen LogP contribution is -2.31. The number of unbranched alkanes of at least 4 members (excludes halogenated alkanes) is 1. The molecule has 0 aliphatic heterocycles. The van der Waals surface area contributed by atoms with Crippen LogP contribution in [0.2, 0.25) is 0 Å². The summed E-state index contributed by atoms with van der Waals surface area (Å²) in [5, 5.41) is 12.4. The van der Waals surface area contributed by atoms with Crippen molar-refractivity contribution in [2.24, 2.45) is 16.3 Å². The molecule has 19 heavy (non-hydrogen) atoms. The molecule has 0 fully saturated rings. The van der Waals surface area contributed by atoms with E-state index in [4.69, 9.17) is 10.9 Å². The molecule has 0 unspecified atom stereocenters. The summed E-state index contributed by atoms with van der Waals surface area (Å²) in [6.07, 6.45) is 4.30. The van der Waals surface area contributed by atoms with Crippen molar-refractivity contribution >= 4 is 17.6 Å². The van der Waals surface area contributed by atoms with Crippen molar-refractivity contribution < 1.29 is 5.21 Å². The Morgan fingerprint density at radius 2 is 2.32 bits per heavy atom. The standard InChI is InChI=1S/C12H20N4O2S/c1-12(2,10(13)16-18)6-3-4-8-19-11-14-7-5-9(17)15-11/h5,7,18H,3-4,6,8H2,1-2H3,(H2,13,16)(H,14,15,17). The number of thioether (sulfide) groups is 1. The number of hydrogen-bond acceptors (Lipinski definition) is 5. The van der Waals surface area contributed by atoms with Crippen molar-refractivity contribution in [2.75, 3.05) is 5.75 Å². The third-order valence-electron chi connectivity index (χ3n) is 2.88. The van der Waals surface area contributed by atoms with Crippen LogP contribution in [0.1, 0.15) is 33.1 Å². The molecule has 1 aromatic heterocycles. The number of aromatic nitrogens is 2. The van der Waals surface area contributed by atoms with Gasteiger partial charge in [0.1, 0.15) is 5.84 Å².